The molecule has 0 saturated heterocycles. The average Bonchev–Trinajstić information content (AvgIpc) is 2.55. The Kier molecular flexibility index (Phi) is 2.59. The van der Waals surface area contributed by atoms with E-state index in [1.54, 1.807) is 0 Å². The standard InChI is InChI=1S/C11H20N4/c1-5-15-11-10(8(4)14-15)12-6-9(13-11)7(2)3/h7,9,12-13H,5-6H2,1-4H3. The Morgan fingerprint density at radius 2 is 2.27 bits per heavy atom. The molecule has 4 nitrogen and oxygen atoms in total. The summed E-state index contributed by atoms with van der Waals surface area (Å²) in [6, 6.07) is 0.499. The van der Waals surface area contributed by atoms with E-state index >= 15 is 0 Å². The lowest BCUT2D eigenvalue weighted by atomic mass is 10.0. The minimum absolute atomic E-state index is 0.499. The largest absolute Gasteiger partial charge is 0.378 e. The van der Waals surface area contributed by atoms with Crippen LogP contribution >= 0.6 is 0 Å². The van der Waals surface area contributed by atoms with E-state index in [2.05, 4.69) is 43.4 Å². The lowest BCUT2D eigenvalue weighted by molar-refractivity contribution is 0.527. The summed E-state index contributed by atoms with van der Waals surface area (Å²) < 4.78 is 2.03. The predicted molar refractivity (Wildman–Crippen MR) is 63.4 cm³/mol. The molecule has 0 spiro atoms. The normalized spacial score (nSPS) is 19.7. The van der Waals surface area contributed by atoms with E-state index in [0.717, 1.165) is 24.6 Å². The van der Waals surface area contributed by atoms with Crippen molar-refractivity contribution in [3.63, 3.8) is 0 Å². The molecule has 2 heterocycles. The molecule has 2 N–H and O–H groups in total. The number of fused-ring (bicyclic) bond motifs is 1. The van der Waals surface area contributed by atoms with Gasteiger partial charge in [-0.1, -0.05) is 13.8 Å². The summed E-state index contributed by atoms with van der Waals surface area (Å²) in [6.45, 7) is 10.5. The second-order valence-corrected chi connectivity index (χ2v) is 4.50. The molecule has 0 aromatic carbocycles. The van der Waals surface area contributed by atoms with Gasteiger partial charge in [0.05, 0.1) is 5.69 Å². The number of hydrogen-bond donors (Lipinski definition) is 2. The van der Waals surface area contributed by atoms with Crippen LogP contribution in [0, 0.1) is 12.8 Å². The maximum atomic E-state index is 4.50. The van der Waals surface area contributed by atoms with Crippen LogP contribution in [0.3, 0.4) is 0 Å². The Morgan fingerprint density at radius 1 is 1.53 bits per heavy atom. The molecule has 1 aliphatic heterocycles. The van der Waals surface area contributed by atoms with Crippen LogP contribution in [-0.2, 0) is 6.54 Å². The number of aryl methyl sites for hydroxylation is 2. The second-order valence-electron chi connectivity index (χ2n) is 4.50. The van der Waals surface area contributed by atoms with Crippen LogP contribution in [0.2, 0.25) is 0 Å². The van der Waals surface area contributed by atoms with Crippen molar-refractivity contribution in [2.75, 3.05) is 17.2 Å². The fraction of sp³-hybridized carbons (Fsp3) is 0.727. The van der Waals surface area contributed by atoms with Gasteiger partial charge in [-0.15, -0.1) is 0 Å². The maximum absolute atomic E-state index is 4.50. The van der Waals surface area contributed by atoms with Crippen molar-refractivity contribution in [1.29, 1.82) is 0 Å². The van der Waals surface area contributed by atoms with Crippen molar-refractivity contribution in [2.45, 2.75) is 40.3 Å². The van der Waals surface area contributed by atoms with Crippen molar-refractivity contribution < 1.29 is 0 Å². The Balaban J connectivity index is 2.31. The Bertz CT molecular complexity index is 354. The highest BCUT2D eigenvalue weighted by molar-refractivity contribution is 5.70. The minimum Gasteiger partial charge on any atom is -0.378 e. The number of nitrogens with one attached hydrogen (secondary N) is 2. The van der Waals surface area contributed by atoms with Crippen molar-refractivity contribution in [3.05, 3.63) is 5.69 Å². The van der Waals surface area contributed by atoms with Gasteiger partial charge in [-0.25, -0.2) is 4.68 Å². The van der Waals surface area contributed by atoms with E-state index in [1.807, 2.05) is 4.68 Å². The number of anilines is 2. The van der Waals surface area contributed by atoms with E-state index in [-0.39, 0.29) is 0 Å². The summed E-state index contributed by atoms with van der Waals surface area (Å²) in [5, 5.41) is 11.5. The van der Waals surface area contributed by atoms with E-state index in [0.29, 0.717) is 12.0 Å². The molecule has 2 rings (SSSR count). The highest BCUT2D eigenvalue weighted by Gasteiger charge is 2.24. The van der Waals surface area contributed by atoms with Crippen LogP contribution in [-0.4, -0.2) is 22.4 Å². The molecule has 1 atom stereocenters. The zero-order valence-corrected chi connectivity index (χ0v) is 9.96. The molecule has 4 heteroatoms. The van der Waals surface area contributed by atoms with Crippen molar-refractivity contribution in [3.8, 4) is 0 Å². The molecule has 0 fully saturated rings. The first-order chi connectivity index (χ1) is 7.13. The molecule has 1 aromatic rings. The SMILES string of the molecule is CCn1nc(C)c2c1NC(C(C)C)CN2. The van der Waals surface area contributed by atoms with Crippen LogP contribution in [0.1, 0.15) is 26.5 Å². The van der Waals surface area contributed by atoms with Gasteiger partial charge in [0.1, 0.15) is 11.5 Å². The molecule has 1 aliphatic rings. The van der Waals surface area contributed by atoms with Crippen molar-refractivity contribution >= 4 is 11.5 Å². The zero-order chi connectivity index (χ0) is 11.0. The van der Waals surface area contributed by atoms with Gasteiger partial charge in [-0.2, -0.15) is 5.10 Å². The summed E-state index contributed by atoms with van der Waals surface area (Å²) in [6.07, 6.45) is 0. The monoisotopic (exact) mass is 208 g/mol. The van der Waals surface area contributed by atoms with E-state index < -0.39 is 0 Å². The molecule has 0 bridgehead atoms. The van der Waals surface area contributed by atoms with Gasteiger partial charge < -0.3 is 10.6 Å². The Hall–Kier alpha value is -1.19. The van der Waals surface area contributed by atoms with Gasteiger partial charge in [-0.05, 0) is 19.8 Å². The number of aromatic nitrogens is 2. The molecule has 1 unspecified atom stereocenters. The molecule has 15 heavy (non-hydrogen) atoms. The van der Waals surface area contributed by atoms with Gasteiger partial charge in [0, 0.05) is 19.1 Å². The molecule has 1 aromatic heterocycles. The second kappa shape index (κ2) is 3.76. The molecule has 0 radical (unpaired) electrons. The topological polar surface area (TPSA) is 41.9 Å². The highest BCUT2D eigenvalue weighted by Crippen LogP contribution is 2.30. The maximum Gasteiger partial charge on any atom is 0.148 e. The van der Waals surface area contributed by atoms with Crippen LogP contribution in [0.25, 0.3) is 0 Å². The third kappa shape index (κ3) is 1.68. The third-order valence-electron chi connectivity index (χ3n) is 3.05. The number of hydrogen-bond acceptors (Lipinski definition) is 3. The molecular weight excluding hydrogens is 188 g/mol. The fourth-order valence-electron chi connectivity index (χ4n) is 2.01. The van der Waals surface area contributed by atoms with Gasteiger partial charge in [0.25, 0.3) is 0 Å². The lowest BCUT2D eigenvalue weighted by Crippen LogP contribution is -2.37. The Labute approximate surface area is 91.1 Å². The number of rotatable bonds is 2. The summed E-state index contributed by atoms with van der Waals surface area (Å²) in [4.78, 5) is 0. The van der Waals surface area contributed by atoms with Crippen molar-refractivity contribution in [1.82, 2.24) is 9.78 Å². The summed E-state index contributed by atoms with van der Waals surface area (Å²) in [5.41, 5.74) is 2.26. The predicted octanol–water partition coefficient (Wildman–Crippen LogP) is 2.07. The van der Waals surface area contributed by atoms with E-state index in [4.69, 9.17) is 0 Å². The van der Waals surface area contributed by atoms with Crippen LogP contribution in [0.15, 0.2) is 0 Å². The first kappa shape index (κ1) is 10.3. The molecule has 0 saturated carbocycles. The first-order valence-corrected chi connectivity index (χ1v) is 5.71. The van der Waals surface area contributed by atoms with Gasteiger partial charge in [0.2, 0.25) is 0 Å². The van der Waals surface area contributed by atoms with Crippen LogP contribution < -0.4 is 10.6 Å². The summed E-state index contributed by atoms with van der Waals surface area (Å²) in [7, 11) is 0. The van der Waals surface area contributed by atoms with E-state index in [1.165, 1.54) is 5.69 Å². The lowest BCUT2D eigenvalue weighted by Gasteiger charge is -2.29. The smallest absolute Gasteiger partial charge is 0.148 e. The van der Waals surface area contributed by atoms with Gasteiger partial charge >= 0.3 is 0 Å². The van der Waals surface area contributed by atoms with E-state index in [9.17, 15) is 0 Å². The summed E-state index contributed by atoms with van der Waals surface area (Å²) >= 11 is 0. The zero-order valence-electron chi connectivity index (χ0n) is 9.96. The first-order valence-electron chi connectivity index (χ1n) is 5.71. The highest BCUT2D eigenvalue weighted by atomic mass is 15.4. The van der Waals surface area contributed by atoms with Crippen LogP contribution in [0.5, 0.6) is 0 Å². The average molecular weight is 208 g/mol. The molecule has 84 valence electrons. The van der Waals surface area contributed by atoms with Gasteiger partial charge in [0.15, 0.2) is 0 Å². The Morgan fingerprint density at radius 3 is 2.87 bits per heavy atom. The summed E-state index contributed by atoms with van der Waals surface area (Å²) in [5.74, 6) is 1.78. The number of nitrogens with zero attached hydrogens (tertiary/aromatic N) is 2. The molecular formula is C11H20N4. The van der Waals surface area contributed by atoms with Gasteiger partial charge in [-0.3, -0.25) is 0 Å². The fourth-order valence-corrected chi connectivity index (χ4v) is 2.01. The molecule has 0 aliphatic carbocycles. The molecule has 0 amide bonds. The minimum atomic E-state index is 0.499. The third-order valence-corrected chi connectivity index (χ3v) is 3.05. The van der Waals surface area contributed by atoms with Crippen LogP contribution in [0.4, 0.5) is 11.5 Å². The van der Waals surface area contributed by atoms with Crippen molar-refractivity contribution in [2.24, 2.45) is 5.92 Å². The quantitative estimate of drug-likeness (QED) is 0.782.